The van der Waals surface area contributed by atoms with Gasteiger partial charge in [0.25, 0.3) is 0 Å². The topological polar surface area (TPSA) is 58.2 Å². The lowest BCUT2D eigenvalue weighted by Gasteiger charge is -2.10. The predicted octanol–water partition coefficient (Wildman–Crippen LogP) is 3.42. The first-order valence-electron chi connectivity index (χ1n) is 8.16. The van der Waals surface area contributed by atoms with Gasteiger partial charge in [-0.25, -0.2) is 0 Å². The molecule has 0 saturated carbocycles. The van der Waals surface area contributed by atoms with Gasteiger partial charge in [-0.1, -0.05) is 50.2 Å². The summed E-state index contributed by atoms with van der Waals surface area (Å²) in [5.74, 6) is 0.0653. The summed E-state index contributed by atoms with van der Waals surface area (Å²) >= 11 is 0. The number of hydrogen-bond acceptors (Lipinski definition) is 2. The predicted molar refractivity (Wildman–Crippen MR) is 97.1 cm³/mol. The lowest BCUT2D eigenvalue weighted by Crippen LogP contribution is -2.33. The SMILES string of the molecule is Cc1ccccc1CC(=O)NCC(=O)Nc1ccc(C(C)C)cc1. The second-order valence-corrected chi connectivity index (χ2v) is 6.20. The summed E-state index contributed by atoms with van der Waals surface area (Å²) in [5, 5.41) is 5.44. The molecule has 2 rings (SSSR count). The summed E-state index contributed by atoms with van der Waals surface area (Å²) in [7, 11) is 0. The molecule has 0 bridgehead atoms. The van der Waals surface area contributed by atoms with Gasteiger partial charge in [0.2, 0.25) is 11.8 Å². The van der Waals surface area contributed by atoms with Gasteiger partial charge in [-0.15, -0.1) is 0 Å². The fraction of sp³-hybridized carbons (Fsp3) is 0.300. The average molecular weight is 324 g/mol. The van der Waals surface area contributed by atoms with Gasteiger partial charge in [-0.05, 0) is 41.7 Å². The highest BCUT2D eigenvalue weighted by molar-refractivity contribution is 5.94. The minimum absolute atomic E-state index is 0.0311. The van der Waals surface area contributed by atoms with E-state index in [0.29, 0.717) is 5.92 Å². The van der Waals surface area contributed by atoms with Crippen molar-refractivity contribution in [3.8, 4) is 0 Å². The fourth-order valence-electron chi connectivity index (χ4n) is 2.38. The molecule has 0 aromatic heterocycles. The van der Waals surface area contributed by atoms with Crippen LogP contribution in [0.4, 0.5) is 5.69 Å². The first-order chi connectivity index (χ1) is 11.5. The Labute approximate surface area is 143 Å². The molecule has 0 atom stereocenters. The van der Waals surface area contributed by atoms with Crippen LogP contribution in [-0.4, -0.2) is 18.4 Å². The zero-order valence-corrected chi connectivity index (χ0v) is 14.4. The van der Waals surface area contributed by atoms with Crippen LogP contribution in [0.5, 0.6) is 0 Å². The Hall–Kier alpha value is -2.62. The number of benzene rings is 2. The van der Waals surface area contributed by atoms with Gasteiger partial charge in [0.1, 0.15) is 0 Å². The normalized spacial score (nSPS) is 10.5. The molecule has 2 aromatic rings. The molecule has 0 aliphatic carbocycles. The second-order valence-electron chi connectivity index (χ2n) is 6.20. The number of nitrogens with one attached hydrogen (secondary N) is 2. The molecule has 4 heteroatoms. The van der Waals surface area contributed by atoms with Crippen molar-refractivity contribution in [2.24, 2.45) is 0 Å². The lowest BCUT2D eigenvalue weighted by atomic mass is 10.0. The van der Waals surface area contributed by atoms with Crippen LogP contribution in [0.2, 0.25) is 0 Å². The maximum absolute atomic E-state index is 12.0. The van der Waals surface area contributed by atoms with Crippen LogP contribution in [0.15, 0.2) is 48.5 Å². The van der Waals surface area contributed by atoms with Gasteiger partial charge in [0.15, 0.2) is 0 Å². The van der Waals surface area contributed by atoms with Gasteiger partial charge in [-0.3, -0.25) is 9.59 Å². The summed E-state index contributed by atoms with van der Waals surface area (Å²) in [6, 6.07) is 15.5. The van der Waals surface area contributed by atoms with Crippen molar-refractivity contribution in [2.45, 2.75) is 33.1 Å². The maximum atomic E-state index is 12.0. The lowest BCUT2D eigenvalue weighted by molar-refractivity contribution is -0.123. The van der Waals surface area contributed by atoms with E-state index in [4.69, 9.17) is 0 Å². The molecule has 2 aromatic carbocycles. The molecule has 24 heavy (non-hydrogen) atoms. The van der Waals surface area contributed by atoms with Crippen molar-refractivity contribution in [3.63, 3.8) is 0 Å². The zero-order valence-electron chi connectivity index (χ0n) is 14.4. The second kappa shape index (κ2) is 8.29. The Morgan fingerprint density at radius 2 is 1.62 bits per heavy atom. The highest BCUT2D eigenvalue weighted by atomic mass is 16.2. The van der Waals surface area contributed by atoms with Crippen LogP contribution < -0.4 is 10.6 Å². The highest BCUT2D eigenvalue weighted by Gasteiger charge is 2.08. The Kier molecular flexibility index (Phi) is 6.13. The fourth-order valence-corrected chi connectivity index (χ4v) is 2.38. The largest absolute Gasteiger partial charge is 0.347 e. The Morgan fingerprint density at radius 1 is 0.958 bits per heavy atom. The summed E-state index contributed by atoms with van der Waals surface area (Å²) in [5.41, 5.74) is 4.00. The molecule has 2 amide bonds. The molecular weight excluding hydrogens is 300 g/mol. The molecule has 0 radical (unpaired) electrons. The third-order valence-corrected chi connectivity index (χ3v) is 3.92. The minimum Gasteiger partial charge on any atom is -0.347 e. The average Bonchev–Trinajstić information content (AvgIpc) is 2.55. The summed E-state index contributed by atoms with van der Waals surface area (Å²) in [6.07, 6.45) is 0.281. The van der Waals surface area contributed by atoms with Crippen molar-refractivity contribution < 1.29 is 9.59 Å². The third-order valence-electron chi connectivity index (χ3n) is 3.92. The molecule has 0 fully saturated rings. The van der Waals surface area contributed by atoms with E-state index in [-0.39, 0.29) is 24.8 Å². The van der Waals surface area contributed by atoms with Crippen LogP contribution in [0, 0.1) is 6.92 Å². The van der Waals surface area contributed by atoms with Gasteiger partial charge >= 0.3 is 0 Å². The number of carbonyl (C=O) groups excluding carboxylic acids is 2. The monoisotopic (exact) mass is 324 g/mol. The molecule has 0 spiro atoms. The van der Waals surface area contributed by atoms with E-state index in [1.54, 1.807) is 0 Å². The van der Waals surface area contributed by atoms with E-state index in [0.717, 1.165) is 16.8 Å². The molecular formula is C20H24N2O2. The first-order valence-corrected chi connectivity index (χ1v) is 8.16. The molecule has 0 aliphatic heterocycles. The zero-order chi connectivity index (χ0) is 17.5. The molecule has 2 N–H and O–H groups in total. The van der Waals surface area contributed by atoms with Crippen LogP contribution in [0.25, 0.3) is 0 Å². The first kappa shape index (κ1) is 17.7. The quantitative estimate of drug-likeness (QED) is 0.855. The minimum atomic E-state index is -0.231. The van der Waals surface area contributed by atoms with E-state index in [1.165, 1.54) is 5.56 Å². The Balaban J connectivity index is 1.80. The number of anilines is 1. The summed E-state index contributed by atoms with van der Waals surface area (Å²) < 4.78 is 0. The highest BCUT2D eigenvalue weighted by Crippen LogP contribution is 2.16. The Bertz CT molecular complexity index is 706. The van der Waals surface area contributed by atoms with E-state index in [2.05, 4.69) is 24.5 Å². The van der Waals surface area contributed by atoms with Crippen LogP contribution in [0.1, 0.15) is 36.5 Å². The maximum Gasteiger partial charge on any atom is 0.243 e. The van der Waals surface area contributed by atoms with Crippen molar-refractivity contribution in [2.75, 3.05) is 11.9 Å². The summed E-state index contributed by atoms with van der Waals surface area (Å²) in [4.78, 5) is 23.9. The number of hydrogen-bond donors (Lipinski definition) is 2. The van der Waals surface area contributed by atoms with E-state index in [9.17, 15) is 9.59 Å². The van der Waals surface area contributed by atoms with Crippen LogP contribution >= 0.6 is 0 Å². The van der Waals surface area contributed by atoms with Gasteiger partial charge in [0, 0.05) is 5.69 Å². The molecule has 0 unspecified atom stereocenters. The number of amides is 2. The molecule has 126 valence electrons. The molecule has 4 nitrogen and oxygen atoms in total. The Morgan fingerprint density at radius 3 is 2.25 bits per heavy atom. The third kappa shape index (κ3) is 5.23. The van der Waals surface area contributed by atoms with Gasteiger partial charge < -0.3 is 10.6 Å². The van der Waals surface area contributed by atoms with E-state index in [1.807, 2.05) is 55.5 Å². The molecule has 0 saturated heterocycles. The number of aryl methyl sites for hydroxylation is 1. The standard InChI is InChI=1S/C20H24N2O2/c1-14(2)16-8-10-18(11-9-16)22-20(24)13-21-19(23)12-17-7-5-4-6-15(17)3/h4-11,14H,12-13H2,1-3H3,(H,21,23)(H,22,24). The van der Waals surface area contributed by atoms with Crippen molar-refractivity contribution >= 4 is 17.5 Å². The van der Waals surface area contributed by atoms with Gasteiger partial charge in [0.05, 0.1) is 13.0 Å². The molecule has 0 heterocycles. The summed E-state index contributed by atoms with van der Waals surface area (Å²) in [6.45, 7) is 6.18. The van der Waals surface area contributed by atoms with Crippen LogP contribution in [0.3, 0.4) is 0 Å². The van der Waals surface area contributed by atoms with E-state index < -0.39 is 0 Å². The van der Waals surface area contributed by atoms with Crippen molar-refractivity contribution in [3.05, 3.63) is 65.2 Å². The number of carbonyl (C=O) groups is 2. The van der Waals surface area contributed by atoms with Gasteiger partial charge in [-0.2, -0.15) is 0 Å². The number of rotatable bonds is 6. The van der Waals surface area contributed by atoms with Crippen LogP contribution in [-0.2, 0) is 16.0 Å². The smallest absolute Gasteiger partial charge is 0.243 e. The van der Waals surface area contributed by atoms with E-state index >= 15 is 0 Å². The van der Waals surface area contributed by atoms with Crippen molar-refractivity contribution in [1.29, 1.82) is 0 Å². The molecule has 0 aliphatic rings. The van der Waals surface area contributed by atoms with Crippen molar-refractivity contribution in [1.82, 2.24) is 5.32 Å².